The number of aliphatic hydroxyl groups is 1. The molecular formula is C14H17ClN2O2S. The Morgan fingerprint density at radius 2 is 2.35 bits per heavy atom. The van der Waals surface area contributed by atoms with Crippen molar-refractivity contribution in [2.75, 3.05) is 18.6 Å². The van der Waals surface area contributed by atoms with Crippen LogP contribution in [0, 0.1) is 0 Å². The van der Waals surface area contributed by atoms with Gasteiger partial charge in [0.1, 0.15) is 5.69 Å². The zero-order valence-corrected chi connectivity index (χ0v) is 12.7. The second-order valence-corrected chi connectivity index (χ2v) is 5.91. The maximum Gasteiger partial charge on any atom is 0.268 e. The maximum atomic E-state index is 12.2. The molecule has 4 nitrogen and oxygen atoms in total. The fraction of sp³-hybridized carbons (Fsp3) is 0.357. The summed E-state index contributed by atoms with van der Waals surface area (Å²) in [6.07, 6.45) is 2.74. The third-order valence-corrected chi connectivity index (χ3v) is 4.06. The third-order valence-electron chi connectivity index (χ3n) is 3.08. The van der Waals surface area contributed by atoms with Crippen LogP contribution in [0.1, 0.15) is 16.9 Å². The number of carbonyl (C=O) groups is 1. The second kappa shape index (κ2) is 7.02. The minimum atomic E-state index is -0.225. The number of H-pyrrole nitrogens is 1. The minimum Gasteiger partial charge on any atom is -0.394 e. The van der Waals surface area contributed by atoms with E-state index in [-0.39, 0.29) is 18.6 Å². The van der Waals surface area contributed by atoms with Crippen LogP contribution in [0.5, 0.6) is 0 Å². The van der Waals surface area contributed by atoms with Gasteiger partial charge in [-0.15, -0.1) is 0 Å². The highest BCUT2D eigenvalue weighted by molar-refractivity contribution is 7.98. The van der Waals surface area contributed by atoms with Gasteiger partial charge in [0.2, 0.25) is 0 Å². The number of fused-ring (bicyclic) bond motifs is 1. The lowest BCUT2D eigenvalue weighted by atomic mass is 10.2. The molecule has 1 aromatic carbocycles. The molecule has 1 aromatic heterocycles. The number of hydrogen-bond donors (Lipinski definition) is 3. The lowest BCUT2D eigenvalue weighted by Gasteiger charge is -2.14. The summed E-state index contributed by atoms with van der Waals surface area (Å²) in [5.41, 5.74) is 1.28. The van der Waals surface area contributed by atoms with E-state index < -0.39 is 0 Å². The summed E-state index contributed by atoms with van der Waals surface area (Å²) in [6.45, 7) is -0.0622. The Bertz CT molecular complexity index is 600. The fourth-order valence-electron chi connectivity index (χ4n) is 1.97. The van der Waals surface area contributed by atoms with Crippen molar-refractivity contribution in [3.63, 3.8) is 0 Å². The normalized spacial score (nSPS) is 12.6. The van der Waals surface area contributed by atoms with Gasteiger partial charge in [-0.1, -0.05) is 17.7 Å². The summed E-state index contributed by atoms with van der Waals surface area (Å²) >= 11 is 7.77. The maximum absolute atomic E-state index is 12.2. The van der Waals surface area contributed by atoms with Crippen LogP contribution in [0.2, 0.25) is 5.02 Å². The van der Waals surface area contributed by atoms with E-state index in [1.54, 1.807) is 23.9 Å². The van der Waals surface area contributed by atoms with E-state index in [1.165, 1.54) is 0 Å². The molecule has 2 rings (SSSR count). The third kappa shape index (κ3) is 3.48. The van der Waals surface area contributed by atoms with Crippen molar-refractivity contribution in [3.8, 4) is 0 Å². The predicted octanol–water partition coefficient (Wildman–Crippen LogP) is 2.67. The van der Waals surface area contributed by atoms with Crippen molar-refractivity contribution in [1.82, 2.24) is 10.3 Å². The van der Waals surface area contributed by atoms with Crippen molar-refractivity contribution < 1.29 is 9.90 Å². The molecule has 0 radical (unpaired) electrons. The molecule has 0 unspecified atom stereocenters. The van der Waals surface area contributed by atoms with Gasteiger partial charge in [0.05, 0.1) is 12.6 Å². The molecular weight excluding hydrogens is 296 g/mol. The molecule has 6 heteroatoms. The zero-order chi connectivity index (χ0) is 14.5. The molecule has 0 aliphatic carbocycles. The van der Waals surface area contributed by atoms with Gasteiger partial charge in [0.25, 0.3) is 5.91 Å². The smallest absolute Gasteiger partial charge is 0.268 e. The number of thioether (sulfide) groups is 1. The zero-order valence-electron chi connectivity index (χ0n) is 11.1. The first-order valence-corrected chi connectivity index (χ1v) is 8.10. The minimum absolute atomic E-state index is 0.0622. The Balaban J connectivity index is 2.12. The number of benzene rings is 1. The van der Waals surface area contributed by atoms with Crippen molar-refractivity contribution in [1.29, 1.82) is 0 Å². The predicted molar refractivity (Wildman–Crippen MR) is 84.6 cm³/mol. The lowest BCUT2D eigenvalue weighted by molar-refractivity contribution is 0.0911. The molecule has 2 aromatic rings. The molecule has 3 N–H and O–H groups in total. The monoisotopic (exact) mass is 312 g/mol. The van der Waals surface area contributed by atoms with Gasteiger partial charge in [-0.25, -0.2) is 0 Å². The van der Waals surface area contributed by atoms with Crippen LogP contribution >= 0.6 is 23.4 Å². The first kappa shape index (κ1) is 15.2. The number of aromatic amines is 1. The molecule has 1 atom stereocenters. The van der Waals surface area contributed by atoms with E-state index in [0.29, 0.717) is 10.7 Å². The molecule has 0 aliphatic rings. The van der Waals surface area contributed by atoms with Crippen molar-refractivity contribution in [2.45, 2.75) is 12.5 Å². The van der Waals surface area contributed by atoms with Gasteiger partial charge in [0, 0.05) is 15.9 Å². The summed E-state index contributed by atoms with van der Waals surface area (Å²) in [4.78, 5) is 15.2. The first-order chi connectivity index (χ1) is 9.65. The van der Waals surface area contributed by atoms with Gasteiger partial charge in [-0.3, -0.25) is 4.79 Å². The number of hydrogen-bond acceptors (Lipinski definition) is 3. The SMILES string of the molecule is CSCC[C@@H](CO)NC(=O)c1cc2c(Cl)cccc2[nH]1. The Morgan fingerprint density at radius 1 is 1.55 bits per heavy atom. The van der Waals surface area contributed by atoms with E-state index in [2.05, 4.69) is 10.3 Å². The highest BCUT2D eigenvalue weighted by Gasteiger charge is 2.15. The molecule has 1 heterocycles. The van der Waals surface area contributed by atoms with Crippen molar-refractivity contribution in [3.05, 3.63) is 35.0 Å². The molecule has 0 saturated heterocycles. The van der Waals surface area contributed by atoms with E-state index in [4.69, 9.17) is 11.6 Å². The van der Waals surface area contributed by atoms with Crippen molar-refractivity contribution >= 4 is 40.2 Å². The van der Waals surface area contributed by atoms with Crippen LogP contribution in [0.4, 0.5) is 0 Å². The van der Waals surface area contributed by atoms with Gasteiger partial charge < -0.3 is 15.4 Å². The van der Waals surface area contributed by atoms with Gasteiger partial charge in [0.15, 0.2) is 0 Å². The fourth-order valence-corrected chi connectivity index (χ4v) is 2.72. The van der Waals surface area contributed by atoms with Crippen molar-refractivity contribution in [2.24, 2.45) is 0 Å². The van der Waals surface area contributed by atoms with Gasteiger partial charge in [-0.2, -0.15) is 11.8 Å². The Labute approximate surface area is 126 Å². The van der Waals surface area contributed by atoms with E-state index in [9.17, 15) is 9.90 Å². The summed E-state index contributed by atoms with van der Waals surface area (Å²) in [5, 5.41) is 13.5. The Kier molecular flexibility index (Phi) is 5.34. The Hall–Kier alpha value is -1.17. The van der Waals surface area contributed by atoms with Crippen LogP contribution in [-0.4, -0.2) is 40.7 Å². The number of rotatable bonds is 6. The van der Waals surface area contributed by atoms with E-state index in [1.807, 2.05) is 18.4 Å². The highest BCUT2D eigenvalue weighted by atomic mass is 35.5. The first-order valence-electron chi connectivity index (χ1n) is 6.33. The molecule has 0 saturated carbocycles. The number of aliphatic hydroxyl groups excluding tert-OH is 1. The van der Waals surface area contributed by atoms with Crippen LogP contribution in [0.15, 0.2) is 24.3 Å². The topological polar surface area (TPSA) is 65.1 Å². The second-order valence-electron chi connectivity index (χ2n) is 4.52. The van der Waals surface area contributed by atoms with Crippen LogP contribution < -0.4 is 5.32 Å². The molecule has 0 fully saturated rings. The molecule has 20 heavy (non-hydrogen) atoms. The van der Waals surface area contributed by atoms with E-state index >= 15 is 0 Å². The number of halogens is 1. The van der Waals surface area contributed by atoms with Crippen LogP contribution in [0.3, 0.4) is 0 Å². The van der Waals surface area contributed by atoms with Gasteiger partial charge in [-0.05, 0) is 36.6 Å². The summed E-state index contributed by atoms with van der Waals surface area (Å²) in [7, 11) is 0. The average Bonchev–Trinajstić information content (AvgIpc) is 2.89. The largest absolute Gasteiger partial charge is 0.394 e. The molecule has 0 spiro atoms. The number of amides is 1. The quantitative estimate of drug-likeness (QED) is 0.768. The summed E-state index contributed by atoms with van der Waals surface area (Å²) < 4.78 is 0. The molecule has 1 amide bonds. The van der Waals surface area contributed by atoms with Gasteiger partial charge >= 0.3 is 0 Å². The molecule has 0 aliphatic heterocycles. The molecule has 0 bridgehead atoms. The average molecular weight is 313 g/mol. The summed E-state index contributed by atoms with van der Waals surface area (Å²) in [6, 6.07) is 6.99. The van der Waals surface area contributed by atoms with Crippen LogP contribution in [-0.2, 0) is 0 Å². The standard InChI is InChI=1S/C14H17ClN2O2S/c1-20-6-5-9(8-18)16-14(19)13-7-10-11(15)3-2-4-12(10)17-13/h2-4,7,9,17-18H,5-6,8H2,1H3,(H,16,19)/t9-/m0/s1. The van der Waals surface area contributed by atoms with E-state index in [0.717, 1.165) is 23.1 Å². The number of nitrogens with one attached hydrogen (secondary N) is 2. The highest BCUT2D eigenvalue weighted by Crippen LogP contribution is 2.23. The summed E-state index contributed by atoms with van der Waals surface area (Å²) in [5.74, 6) is 0.668. The van der Waals surface area contributed by atoms with Crippen LogP contribution in [0.25, 0.3) is 10.9 Å². The number of carbonyl (C=O) groups excluding carboxylic acids is 1. The number of aromatic nitrogens is 1. The molecule has 108 valence electrons. The lowest BCUT2D eigenvalue weighted by Crippen LogP contribution is -2.38. The Morgan fingerprint density at radius 3 is 3.00 bits per heavy atom.